The summed E-state index contributed by atoms with van der Waals surface area (Å²) in [7, 11) is 0. The fraction of sp³-hybridized carbons (Fsp3) is 0.188. The van der Waals surface area contributed by atoms with Crippen molar-refractivity contribution in [3.63, 3.8) is 0 Å². The topological polar surface area (TPSA) is 77.8 Å². The first kappa shape index (κ1) is 14.8. The van der Waals surface area contributed by atoms with Crippen molar-refractivity contribution in [1.29, 1.82) is 0 Å². The van der Waals surface area contributed by atoms with Crippen molar-refractivity contribution in [1.82, 2.24) is 14.6 Å². The quantitative estimate of drug-likeness (QED) is 0.784. The molecule has 0 bridgehead atoms. The summed E-state index contributed by atoms with van der Waals surface area (Å²) < 4.78 is 12.1. The van der Waals surface area contributed by atoms with E-state index in [1.807, 2.05) is 30.3 Å². The first-order valence-electron chi connectivity index (χ1n) is 7.20. The molecule has 0 unspecified atom stereocenters. The van der Waals surface area contributed by atoms with Crippen LogP contribution in [0.1, 0.15) is 12.5 Å². The highest BCUT2D eigenvalue weighted by Crippen LogP contribution is 2.16. The number of aromatic nitrogens is 3. The standard InChI is InChI=1S/C16H16N4O3/c1-2-22-16(21)19-14-10-20-15(18-14)8-13(9-17-20)23-11-12-6-4-3-5-7-12/h3-10H,2,11H2,1H3,(H,19,21). The van der Waals surface area contributed by atoms with Crippen LogP contribution < -0.4 is 10.1 Å². The summed E-state index contributed by atoms with van der Waals surface area (Å²) in [6, 6.07) is 11.6. The molecule has 1 aromatic carbocycles. The predicted octanol–water partition coefficient (Wildman–Crippen LogP) is 2.88. The zero-order valence-electron chi connectivity index (χ0n) is 12.6. The molecule has 0 spiro atoms. The zero-order chi connectivity index (χ0) is 16.1. The van der Waals surface area contributed by atoms with Crippen LogP contribution in [0.3, 0.4) is 0 Å². The lowest BCUT2D eigenvalue weighted by Crippen LogP contribution is -2.13. The number of nitrogens with one attached hydrogen (secondary N) is 1. The second-order valence-electron chi connectivity index (χ2n) is 4.74. The summed E-state index contributed by atoms with van der Waals surface area (Å²) in [4.78, 5) is 15.6. The Morgan fingerprint density at radius 2 is 2.13 bits per heavy atom. The number of anilines is 1. The molecule has 0 fully saturated rings. The van der Waals surface area contributed by atoms with E-state index in [0.29, 0.717) is 30.4 Å². The summed E-state index contributed by atoms with van der Waals surface area (Å²) in [5.74, 6) is 0.978. The molecule has 3 rings (SSSR count). The molecule has 7 nitrogen and oxygen atoms in total. The minimum absolute atomic E-state index is 0.301. The van der Waals surface area contributed by atoms with Crippen LogP contribution in [0.5, 0.6) is 5.75 Å². The van der Waals surface area contributed by atoms with Gasteiger partial charge in [-0.25, -0.2) is 14.3 Å². The van der Waals surface area contributed by atoms with Gasteiger partial charge in [0.1, 0.15) is 12.4 Å². The molecule has 0 aliphatic carbocycles. The Morgan fingerprint density at radius 1 is 1.30 bits per heavy atom. The number of imidazole rings is 1. The summed E-state index contributed by atoms with van der Waals surface area (Å²) in [5, 5.41) is 6.74. The molecular weight excluding hydrogens is 296 g/mol. The summed E-state index contributed by atoms with van der Waals surface area (Å²) in [6.45, 7) is 2.49. The van der Waals surface area contributed by atoms with Crippen LogP contribution in [0.2, 0.25) is 0 Å². The Bertz CT molecular complexity index is 801. The molecule has 2 aromatic heterocycles. The van der Waals surface area contributed by atoms with E-state index in [2.05, 4.69) is 15.4 Å². The van der Waals surface area contributed by atoms with Crippen molar-refractivity contribution in [2.45, 2.75) is 13.5 Å². The Hall–Kier alpha value is -3.09. The number of ether oxygens (including phenoxy) is 2. The number of carbonyl (C=O) groups is 1. The minimum atomic E-state index is -0.545. The number of hydrogen-bond donors (Lipinski definition) is 1. The lowest BCUT2D eigenvalue weighted by Gasteiger charge is -2.05. The van der Waals surface area contributed by atoms with Crippen molar-refractivity contribution < 1.29 is 14.3 Å². The van der Waals surface area contributed by atoms with E-state index < -0.39 is 6.09 Å². The van der Waals surface area contributed by atoms with E-state index in [0.717, 1.165) is 5.56 Å². The Morgan fingerprint density at radius 3 is 2.91 bits per heavy atom. The number of benzene rings is 1. The van der Waals surface area contributed by atoms with Crippen molar-refractivity contribution in [3.05, 3.63) is 54.4 Å². The molecular formula is C16H16N4O3. The van der Waals surface area contributed by atoms with Gasteiger partial charge in [0.05, 0.1) is 19.0 Å². The van der Waals surface area contributed by atoms with Gasteiger partial charge in [-0.15, -0.1) is 0 Å². The zero-order valence-corrected chi connectivity index (χ0v) is 12.6. The number of carbonyl (C=O) groups excluding carboxylic acids is 1. The van der Waals surface area contributed by atoms with Gasteiger partial charge in [-0.3, -0.25) is 5.32 Å². The minimum Gasteiger partial charge on any atom is -0.487 e. The van der Waals surface area contributed by atoms with E-state index in [-0.39, 0.29) is 0 Å². The maximum absolute atomic E-state index is 11.4. The third-order valence-corrected chi connectivity index (χ3v) is 3.05. The lowest BCUT2D eigenvalue weighted by atomic mass is 10.2. The molecule has 0 aliphatic rings. The van der Waals surface area contributed by atoms with Gasteiger partial charge >= 0.3 is 6.09 Å². The largest absolute Gasteiger partial charge is 0.487 e. The van der Waals surface area contributed by atoms with Gasteiger partial charge in [0.25, 0.3) is 0 Å². The summed E-state index contributed by atoms with van der Waals surface area (Å²) >= 11 is 0. The van der Waals surface area contributed by atoms with E-state index >= 15 is 0 Å². The van der Waals surface area contributed by atoms with Crippen molar-refractivity contribution in [2.75, 3.05) is 11.9 Å². The molecule has 1 N–H and O–H groups in total. The number of amides is 1. The van der Waals surface area contributed by atoms with Gasteiger partial charge in [-0.2, -0.15) is 5.10 Å². The van der Waals surface area contributed by atoms with Crippen LogP contribution in [0, 0.1) is 0 Å². The van der Waals surface area contributed by atoms with Gasteiger partial charge in [0.2, 0.25) is 0 Å². The highest BCUT2D eigenvalue weighted by atomic mass is 16.5. The fourth-order valence-electron chi connectivity index (χ4n) is 2.01. The van der Waals surface area contributed by atoms with Crippen molar-refractivity contribution in [3.8, 4) is 5.75 Å². The monoisotopic (exact) mass is 312 g/mol. The number of fused-ring (bicyclic) bond motifs is 1. The van der Waals surface area contributed by atoms with E-state index in [4.69, 9.17) is 9.47 Å². The predicted molar refractivity (Wildman–Crippen MR) is 84.4 cm³/mol. The van der Waals surface area contributed by atoms with Crippen LogP contribution in [0.25, 0.3) is 5.65 Å². The summed E-state index contributed by atoms with van der Waals surface area (Å²) in [5.41, 5.74) is 1.64. The normalized spacial score (nSPS) is 10.5. The third kappa shape index (κ3) is 3.76. The highest BCUT2D eigenvalue weighted by Gasteiger charge is 2.08. The Balaban J connectivity index is 1.70. The van der Waals surface area contributed by atoms with E-state index in [1.165, 1.54) is 0 Å². The SMILES string of the molecule is CCOC(=O)Nc1cn2ncc(OCc3ccccc3)cc2n1. The second-order valence-corrected chi connectivity index (χ2v) is 4.74. The molecule has 0 radical (unpaired) electrons. The van der Waals surface area contributed by atoms with Crippen molar-refractivity contribution in [2.24, 2.45) is 0 Å². The van der Waals surface area contributed by atoms with Crippen molar-refractivity contribution >= 4 is 17.6 Å². The number of hydrogen-bond acceptors (Lipinski definition) is 5. The average molecular weight is 312 g/mol. The maximum atomic E-state index is 11.4. The van der Waals surface area contributed by atoms with Crippen LogP contribution >= 0.6 is 0 Å². The molecule has 0 atom stereocenters. The van der Waals surface area contributed by atoms with Crippen LogP contribution in [-0.4, -0.2) is 27.3 Å². The smallest absolute Gasteiger partial charge is 0.412 e. The third-order valence-electron chi connectivity index (χ3n) is 3.05. The van der Waals surface area contributed by atoms with E-state index in [1.54, 1.807) is 29.9 Å². The molecule has 23 heavy (non-hydrogen) atoms. The molecule has 3 aromatic rings. The van der Waals surface area contributed by atoms with Gasteiger partial charge in [-0.1, -0.05) is 30.3 Å². The van der Waals surface area contributed by atoms with Crippen LogP contribution in [-0.2, 0) is 11.3 Å². The summed E-state index contributed by atoms with van der Waals surface area (Å²) in [6.07, 6.45) is 2.66. The fourth-order valence-corrected chi connectivity index (χ4v) is 2.01. The van der Waals surface area contributed by atoms with Gasteiger partial charge in [0, 0.05) is 6.07 Å². The molecule has 0 saturated heterocycles. The molecule has 2 heterocycles. The highest BCUT2D eigenvalue weighted by molar-refractivity contribution is 5.83. The number of rotatable bonds is 5. The molecule has 7 heteroatoms. The molecule has 0 aliphatic heterocycles. The van der Waals surface area contributed by atoms with Gasteiger partial charge in [0.15, 0.2) is 11.5 Å². The maximum Gasteiger partial charge on any atom is 0.412 e. The number of nitrogens with zero attached hydrogens (tertiary/aromatic N) is 3. The van der Waals surface area contributed by atoms with Crippen LogP contribution in [0.4, 0.5) is 10.6 Å². The average Bonchev–Trinajstić information content (AvgIpc) is 2.95. The lowest BCUT2D eigenvalue weighted by molar-refractivity contribution is 0.168. The first-order chi connectivity index (χ1) is 11.2. The second kappa shape index (κ2) is 6.78. The Kier molecular flexibility index (Phi) is 4.37. The molecule has 1 amide bonds. The van der Waals surface area contributed by atoms with Gasteiger partial charge < -0.3 is 9.47 Å². The van der Waals surface area contributed by atoms with E-state index in [9.17, 15) is 4.79 Å². The molecule has 118 valence electrons. The first-order valence-corrected chi connectivity index (χ1v) is 7.20. The van der Waals surface area contributed by atoms with Gasteiger partial charge in [-0.05, 0) is 12.5 Å². The molecule has 0 saturated carbocycles. The van der Waals surface area contributed by atoms with Crippen LogP contribution in [0.15, 0.2) is 48.8 Å². The Labute approximate surface area is 132 Å².